The second kappa shape index (κ2) is 8.00. The standard InChI is InChI=1S/C14H26N2O.ClH/c1-15-10-4-9-14(17)16-11-5-7-12-6-2-3-8-13(12)16;/h12-13,15H,2-11H2,1H3;1H. The molecule has 18 heavy (non-hydrogen) atoms. The van der Waals surface area contributed by atoms with Crippen LogP contribution >= 0.6 is 12.4 Å². The van der Waals surface area contributed by atoms with Crippen LogP contribution in [0, 0.1) is 5.92 Å². The summed E-state index contributed by atoms with van der Waals surface area (Å²) < 4.78 is 0. The number of carbonyl (C=O) groups is 1. The fraction of sp³-hybridized carbons (Fsp3) is 0.929. The molecule has 0 radical (unpaired) electrons. The van der Waals surface area contributed by atoms with E-state index in [1.807, 2.05) is 7.05 Å². The number of nitrogens with zero attached hydrogens (tertiary/aromatic N) is 1. The average molecular weight is 275 g/mol. The SMILES string of the molecule is CNCCCC(=O)N1CCCC2CCCCC21.Cl. The maximum Gasteiger partial charge on any atom is 0.222 e. The molecule has 0 bridgehead atoms. The van der Waals surface area contributed by atoms with E-state index in [1.54, 1.807) is 0 Å². The maximum absolute atomic E-state index is 12.2. The summed E-state index contributed by atoms with van der Waals surface area (Å²) in [6.07, 6.45) is 9.58. The number of carbonyl (C=O) groups excluding carboxylic acids is 1. The quantitative estimate of drug-likeness (QED) is 0.800. The van der Waals surface area contributed by atoms with Crippen LogP contribution in [0.4, 0.5) is 0 Å². The Morgan fingerprint density at radius 3 is 2.72 bits per heavy atom. The molecule has 0 spiro atoms. The van der Waals surface area contributed by atoms with Crippen LogP contribution in [0.2, 0.25) is 0 Å². The summed E-state index contributed by atoms with van der Waals surface area (Å²) in [6, 6.07) is 0.583. The van der Waals surface area contributed by atoms with Crippen LogP contribution in [0.25, 0.3) is 0 Å². The third kappa shape index (κ3) is 3.86. The van der Waals surface area contributed by atoms with Crippen LogP contribution in [0.3, 0.4) is 0 Å². The molecule has 0 aromatic heterocycles. The maximum atomic E-state index is 12.2. The number of rotatable bonds is 4. The molecule has 3 nitrogen and oxygen atoms in total. The number of likely N-dealkylation sites (tertiary alicyclic amines) is 1. The highest BCUT2D eigenvalue weighted by Crippen LogP contribution is 2.35. The third-order valence-electron chi connectivity index (χ3n) is 4.38. The van der Waals surface area contributed by atoms with Gasteiger partial charge in [-0.25, -0.2) is 0 Å². The summed E-state index contributed by atoms with van der Waals surface area (Å²) >= 11 is 0. The van der Waals surface area contributed by atoms with Crippen LogP contribution in [-0.2, 0) is 4.79 Å². The summed E-state index contributed by atoms with van der Waals surface area (Å²) in [4.78, 5) is 14.4. The van der Waals surface area contributed by atoms with E-state index in [0.717, 1.165) is 31.8 Å². The van der Waals surface area contributed by atoms with Gasteiger partial charge in [0.2, 0.25) is 5.91 Å². The van der Waals surface area contributed by atoms with Gasteiger partial charge in [-0.15, -0.1) is 12.4 Å². The number of fused-ring (bicyclic) bond motifs is 1. The lowest BCUT2D eigenvalue weighted by atomic mass is 9.78. The van der Waals surface area contributed by atoms with Gasteiger partial charge in [-0.1, -0.05) is 12.8 Å². The minimum Gasteiger partial charge on any atom is -0.339 e. The predicted molar refractivity (Wildman–Crippen MR) is 77.1 cm³/mol. The van der Waals surface area contributed by atoms with Gasteiger partial charge in [0.05, 0.1) is 0 Å². The van der Waals surface area contributed by atoms with Crippen LogP contribution in [-0.4, -0.2) is 37.0 Å². The van der Waals surface area contributed by atoms with E-state index in [9.17, 15) is 4.79 Å². The van der Waals surface area contributed by atoms with Gasteiger partial charge in [0.1, 0.15) is 0 Å². The van der Waals surface area contributed by atoms with Crippen LogP contribution < -0.4 is 5.32 Å². The highest BCUT2D eigenvalue weighted by molar-refractivity contribution is 5.85. The van der Waals surface area contributed by atoms with Crippen molar-refractivity contribution in [3.63, 3.8) is 0 Å². The molecule has 2 fully saturated rings. The van der Waals surface area contributed by atoms with E-state index in [-0.39, 0.29) is 12.4 Å². The Labute approximate surface area is 117 Å². The lowest BCUT2D eigenvalue weighted by Crippen LogP contribution is -2.49. The Balaban J connectivity index is 0.00000162. The highest BCUT2D eigenvalue weighted by atomic mass is 35.5. The second-order valence-electron chi connectivity index (χ2n) is 5.55. The Bertz CT molecular complexity index is 258. The van der Waals surface area contributed by atoms with Crippen molar-refractivity contribution < 1.29 is 4.79 Å². The number of hydrogen-bond donors (Lipinski definition) is 1. The van der Waals surface area contributed by atoms with Gasteiger partial charge in [-0.3, -0.25) is 4.79 Å². The zero-order chi connectivity index (χ0) is 12.1. The summed E-state index contributed by atoms with van der Waals surface area (Å²) in [7, 11) is 1.95. The highest BCUT2D eigenvalue weighted by Gasteiger charge is 2.35. The molecule has 2 unspecified atom stereocenters. The van der Waals surface area contributed by atoms with Crippen molar-refractivity contribution in [1.29, 1.82) is 0 Å². The lowest BCUT2D eigenvalue weighted by Gasteiger charge is -2.44. The molecule has 106 valence electrons. The molecule has 2 rings (SSSR count). The number of piperidine rings is 1. The van der Waals surface area contributed by atoms with Crippen molar-refractivity contribution in [1.82, 2.24) is 10.2 Å². The molecule has 1 aliphatic carbocycles. The van der Waals surface area contributed by atoms with E-state index >= 15 is 0 Å². The van der Waals surface area contributed by atoms with E-state index < -0.39 is 0 Å². The van der Waals surface area contributed by atoms with Crippen molar-refractivity contribution in [2.45, 2.75) is 57.4 Å². The predicted octanol–water partition coefficient (Wildman–Crippen LogP) is 2.59. The van der Waals surface area contributed by atoms with Gasteiger partial charge in [0.15, 0.2) is 0 Å². The van der Waals surface area contributed by atoms with Gasteiger partial charge < -0.3 is 10.2 Å². The van der Waals surface area contributed by atoms with E-state index in [0.29, 0.717) is 11.9 Å². The van der Waals surface area contributed by atoms with Crippen LogP contribution in [0.15, 0.2) is 0 Å². The molecule has 1 saturated heterocycles. The van der Waals surface area contributed by atoms with Gasteiger partial charge in [0.25, 0.3) is 0 Å². The number of nitrogens with one attached hydrogen (secondary N) is 1. The third-order valence-corrected chi connectivity index (χ3v) is 4.38. The van der Waals surface area contributed by atoms with E-state index in [1.165, 1.54) is 38.5 Å². The molecule has 1 heterocycles. The Kier molecular flexibility index (Phi) is 7.02. The molecule has 0 aromatic rings. The first kappa shape index (κ1) is 15.8. The van der Waals surface area contributed by atoms with Gasteiger partial charge in [-0.05, 0) is 51.6 Å². The molecule has 1 amide bonds. The molecular formula is C14H27ClN2O. The molecule has 2 aliphatic rings. The molecule has 0 aromatic carbocycles. The number of amides is 1. The van der Waals surface area contributed by atoms with Crippen LogP contribution in [0.1, 0.15) is 51.4 Å². The summed E-state index contributed by atoms with van der Waals surface area (Å²) in [5.74, 6) is 1.21. The number of hydrogen-bond acceptors (Lipinski definition) is 2. The van der Waals surface area contributed by atoms with E-state index in [2.05, 4.69) is 10.2 Å². The van der Waals surface area contributed by atoms with E-state index in [4.69, 9.17) is 0 Å². The lowest BCUT2D eigenvalue weighted by molar-refractivity contribution is -0.137. The smallest absolute Gasteiger partial charge is 0.222 e. The minimum absolute atomic E-state index is 0. The molecule has 1 aliphatic heterocycles. The summed E-state index contributed by atoms with van der Waals surface area (Å²) in [5.41, 5.74) is 0. The molecule has 1 N–H and O–H groups in total. The molecule has 4 heteroatoms. The Hall–Kier alpha value is -0.280. The molecule has 1 saturated carbocycles. The van der Waals surface area contributed by atoms with Crippen molar-refractivity contribution in [2.24, 2.45) is 5.92 Å². The topological polar surface area (TPSA) is 32.3 Å². The van der Waals surface area contributed by atoms with Crippen molar-refractivity contribution >= 4 is 18.3 Å². The normalized spacial score (nSPS) is 27.3. The summed E-state index contributed by atoms with van der Waals surface area (Å²) in [6.45, 7) is 1.97. The fourth-order valence-electron chi connectivity index (χ4n) is 3.49. The first-order valence-electron chi connectivity index (χ1n) is 7.27. The van der Waals surface area contributed by atoms with Crippen molar-refractivity contribution in [3.05, 3.63) is 0 Å². The monoisotopic (exact) mass is 274 g/mol. The first-order chi connectivity index (χ1) is 8.33. The Morgan fingerprint density at radius 1 is 1.22 bits per heavy atom. The van der Waals surface area contributed by atoms with Crippen LogP contribution in [0.5, 0.6) is 0 Å². The van der Waals surface area contributed by atoms with Gasteiger partial charge in [-0.2, -0.15) is 0 Å². The van der Waals surface area contributed by atoms with Crippen molar-refractivity contribution in [3.8, 4) is 0 Å². The second-order valence-corrected chi connectivity index (χ2v) is 5.55. The summed E-state index contributed by atoms with van der Waals surface area (Å²) in [5, 5.41) is 3.11. The minimum atomic E-state index is 0. The number of halogens is 1. The zero-order valence-corrected chi connectivity index (χ0v) is 12.3. The molecular weight excluding hydrogens is 248 g/mol. The van der Waals surface area contributed by atoms with Crippen molar-refractivity contribution in [2.75, 3.05) is 20.1 Å². The Morgan fingerprint density at radius 2 is 1.94 bits per heavy atom. The first-order valence-corrected chi connectivity index (χ1v) is 7.27. The average Bonchev–Trinajstić information content (AvgIpc) is 2.38. The fourth-order valence-corrected chi connectivity index (χ4v) is 3.49. The zero-order valence-electron chi connectivity index (χ0n) is 11.5. The molecule has 2 atom stereocenters. The largest absolute Gasteiger partial charge is 0.339 e. The van der Waals surface area contributed by atoms with Gasteiger partial charge in [0, 0.05) is 19.0 Å². The van der Waals surface area contributed by atoms with Gasteiger partial charge >= 0.3 is 0 Å².